The number of piperidine rings is 1. The number of carbonyl (C=O) groups is 1. The number of aromatic nitrogens is 2. The fourth-order valence-corrected chi connectivity index (χ4v) is 3.76. The molecular weight excluding hydrogens is 346 g/mol. The molecule has 1 atom stereocenters. The minimum Gasteiger partial charge on any atom is -0.339 e. The predicted octanol–water partition coefficient (Wildman–Crippen LogP) is 3.11. The molecule has 1 N–H and O–H groups in total. The molecule has 1 fully saturated rings. The van der Waals surface area contributed by atoms with Crippen molar-refractivity contribution in [2.75, 3.05) is 39.0 Å². The first-order chi connectivity index (χ1) is 12.6. The van der Waals surface area contributed by atoms with E-state index in [0.717, 1.165) is 49.1 Å². The molecule has 7 heteroatoms. The second-order valence-corrected chi connectivity index (χ2v) is 7.56. The second kappa shape index (κ2) is 8.91. The highest BCUT2D eigenvalue weighted by Gasteiger charge is 2.25. The number of carbonyl (C=O) groups excluding carboxylic acids is 1. The number of nitrogens with zero attached hydrogens (tertiary/aromatic N) is 4. The fourth-order valence-electron chi connectivity index (χ4n) is 2.97. The van der Waals surface area contributed by atoms with Crippen LogP contribution in [-0.2, 0) is 4.79 Å². The molecule has 2 aromatic rings. The van der Waals surface area contributed by atoms with E-state index in [-0.39, 0.29) is 5.91 Å². The minimum absolute atomic E-state index is 0.0959. The summed E-state index contributed by atoms with van der Waals surface area (Å²) in [4.78, 5) is 25.3. The van der Waals surface area contributed by atoms with Gasteiger partial charge in [0.15, 0.2) is 5.13 Å². The minimum atomic E-state index is 0.0959. The Labute approximate surface area is 158 Å². The van der Waals surface area contributed by atoms with Crippen molar-refractivity contribution in [3.8, 4) is 0 Å². The van der Waals surface area contributed by atoms with E-state index in [1.807, 2.05) is 48.2 Å². The van der Waals surface area contributed by atoms with Crippen LogP contribution in [0.1, 0.15) is 24.5 Å². The molecule has 1 amide bonds. The van der Waals surface area contributed by atoms with Crippen LogP contribution in [-0.4, -0.2) is 59.4 Å². The van der Waals surface area contributed by atoms with Gasteiger partial charge in [-0.3, -0.25) is 4.79 Å². The van der Waals surface area contributed by atoms with Crippen LogP contribution >= 0.6 is 11.3 Å². The molecule has 3 rings (SSSR count). The number of nitrogens with one attached hydrogen (secondary N) is 1. The lowest BCUT2D eigenvalue weighted by Gasteiger charge is -2.31. The first-order valence-electron chi connectivity index (χ1n) is 8.85. The van der Waals surface area contributed by atoms with Crippen molar-refractivity contribution < 1.29 is 4.79 Å². The van der Waals surface area contributed by atoms with E-state index in [1.54, 1.807) is 23.6 Å². The topological polar surface area (TPSA) is 61.4 Å². The van der Waals surface area contributed by atoms with Gasteiger partial charge in [0.25, 0.3) is 0 Å². The maximum atomic E-state index is 12.4. The van der Waals surface area contributed by atoms with Crippen LogP contribution in [0.5, 0.6) is 0 Å². The number of hydrogen-bond acceptors (Lipinski definition) is 6. The number of thiazole rings is 1. The van der Waals surface area contributed by atoms with Gasteiger partial charge in [-0.15, -0.1) is 11.3 Å². The van der Waals surface area contributed by atoms with E-state index in [1.165, 1.54) is 0 Å². The van der Waals surface area contributed by atoms with Gasteiger partial charge in [0.2, 0.25) is 5.91 Å². The lowest BCUT2D eigenvalue weighted by Crippen LogP contribution is -2.38. The van der Waals surface area contributed by atoms with Gasteiger partial charge in [-0.25, -0.2) is 9.97 Å². The van der Waals surface area contributed by atoms with Crippen LogP contribution in [0.3, 0.4) is 0 Å². The van der Waals surface area contributed by atoms with Crippen molar-refractivity contribution in [3.63, 3.8) is 0 Å². The highest BCUT2D eigenvalue weighted by molar-refractivity contribution is 7.13. The summed E-state index contributed by atoms with van der Waals surface area (Å²) in [6.07, 6.45) is 7.45. The van der Waals surface area contributed by atoms with Crippen LogP contribution in [0.25, 0.3) is 0 Å². The molecule has 0 bridgehead atoms. The molecule has 0 saturated carbocycles. The Balaban J connectivity index is 1.59. The Morgan fingerprint density at radius 1 is 1.46 bits per heavy atom. The van der Waals surface area contributed by atoms with Crippen LogP contribution < -0.4 is 5.32 Å². The van der Waals surface area contributed by atoms with Crippen LogP contribution in [0.2, 0.25) is 0 Å². The Morgan fingerprint density at radius 2 is 2.35 bits per heavy atom. The quantitative estimate of drug-likeness (QED) is 0.791. The molecule has 0 aliphatic carbocycles. The summed E-state index contributed by atoms with van der Waals surface area (Å²) in [6, 6.07) is 5.75. The SMILES string of the molecule is CN(C)C/C=C/C(=O)N1CCCC(c2csc(Nc3ccccn3)n2)C1. The van der Waals surface area contributed by atoms with E-state index < -0.39 is 0 Å². The molecule has 1 aliphatic heterocycles. The largest absolute Gasteiger partial charge is 0.339 e. The van der Waals surface area contributed by atoms with Gasteiger partial charge in [-0.1, -0.05) is 12.1 Å². The molecule has 1 saturated heterocycles. The monoisotopic (exact) mass is 371 g/mol. The van der Waals surface area contributed by atoms with Gasteiger partial charge in [0, 0.05) is 43.2 Å². The number of amides is 1. The number of likely N-dealkylation sites (tertiary alicyclic amines) is 1. The molecule has 1 unspecified atom stereocenters. The Bertz CT molecular complexity index is 743. The highest BCUT2D eigenvalue weighted by atomic mass is 32.1. The predicted molar refractivity (Wildman–Crippen MR) is 106 cm³/mol. The van der Waals surface area contributed by atoms with E-state index in [4.69, 9.17) is 4.98 Å². The molecule has 6 nitrogen and oxygen atoms in total. The third-order valence-electron chi connectivity index (χ3n) is 4.30. The van der Waals surface area contributed by atoms with E-state index >= 15 is 0 Å². The molecule has 0 spiro atoms. The molecule has 138 valence electrons. The molecule has 26 heavy (non-hydrogen) atoms. The van der Waals surface area contributed by atoms with Crippen molar-refractivity contribution in [1.82, 2.24) is 19.8 Å². The number of likely N-dealkylation sites (N-methyl/N-ethyl adjacent to an activating group) is 1. The fraction of sp³-hybridized carbons (Fsp3) is 0.421. The van der Waals surface area contributed by atoms with Crippen molar-refractivity contribution in [2.24, 2.45) is 0 Å². The zero-order chi connectivity index (χ0) is 18.4. The van der Waals surface area contributed by atoms with E-state index in [9.17, 15) is 4.79 Å². The molecule has 0 radical (unpaired) electrons. The van der Waals surface area contributed by atoms with Crippen molar-refractivity contribution in [2.45, 2.75) is 18.8 Å². The molecular formula is C19H25N5OS. The van der Waals surface area contributed by atoms with Crippen LogP contribution in [0.4, 0.5) is 10.9 Å². The first kappa shape index (κ1) is 18.5. The third-order valence-corrected chi connectivity index (χ3v) is 5.08. The Kier molecular flexibility index (Phi) is 6.35. The summed E-state index contributed by atoms with van der Waals surface area (Å²) in [5.74, 6) is 1.18. The summed E-state index contributed by atoms with van der Waals surface area (Å²) in [5.41, 5.74) is 1.06. The second-order valence-electron chi connectivity index (χ2n) is 6.71. The Hall–Kier alpha value is -2.25. The lowest BCUT2D eigenvalue weighted by atomic mass is 9.95. The van der Waals surface area contributed by atoms with Gasteiger partial charge in [0.1, 0.15) is 5.82 Å². The van der Waals surface area contributed by atoms with Gasteiger partial charge in [-0.2, -0.15) is 0 Å². The summed E-state index contributed by atoms with van der Waals surface area (Å²) in [5, 5.41) is 6.17. The third kappa shape index (κ3) is 5.12. The molecule has 0 aromatic carbocycles. The van der Waals surface area contributed by atoms with Crippen LogP contribution in [0, 0.1) is 0 Å². The van der Waals surface area contributed by atoms with Crippen molar-refractivity contribution >= 4 is 28.2 Å². The molecule has 1 aliphatic rings. The number of hydrogen-bond donors (Lipinski definition) is 1. The summed E-state index contributed by atoms with van der Waals surface area (Å²) in [6.45, 7) is 2.33. The van der Waals surface area contributed by atoms with Gasteiger partial charge in [0.05, 0.1) is 5.69 Å². The number of pyridine rings is 1. The van der Waals surface area contributed by atoms with E-state index in [0.29, 0.717) is 5.92 Å². The average Bonchev–Trinajstić information content (AvgIpc) is 3.11. The highest BCUT2D eigenvalue weighted by Crippen LogP contribution is 2.30. The molecule has 3 heterocycles. The Morgan fingerprint density at radius 3 is 3.12 bits per heavy atom. The summed E-state index contributed by atoms with van der Waals surface area (Å²) >= 11 is 1.58. The maximum absolute atomic E-state index is 12.4. The van der Waals surface area contributed by atoms with Gasteiger partial charge in [-0.05, 0) is 39.1 Å². The lowest BCUT2D eigenvalue weighted by molar-refractivity contribution is -0.127. The van der Waals surface area contributed by atoms with Crippen molar-refractivity contribution in [1.29, 1.82) is 0 Å². The van der Waals surface area contributed by atoms with Gasteiger partial charge >= 0.3 is 0 Å². The zero-order valence-electron chi connectivity index (χ0n) is 15.3. The first-order valence-corrected chi connectivity index (χ1v) is 9.73. The molecule has 2 aromatic heterocycles. The van der Waals surface area contributed by atoms with Gasteiger partial charge < -0.3 is 15.1 Å². The number of anilines is 2. The van der Waals surface area contributed by atoms with Crippen molar-refractivity contribution in [3.05, 3.63) is 47.6 Å². The standard InChI is InChI=1S/C19H25N5OS/c1-23(2)11-6-9-18(25)24-12-5-7-15(13-24)16-14-26-19(21-16)22-17-8-3-4-10-20-17/h3-4,6,8-10,14-15H,5,7,11-13H2,1-2H3,(H,20,21,22)/b9-6+. The number of rotatable bonds is 6. The van der Waals surface area contributed by atoms with E-state index in [2.05, 4.69) is 15.7 Å². The smallest absolute Gasteiger partial charge is 0.246 e. The maximum Gasteiger partial charge on any atom is 0.246 e. The summed E-state index contributed by atoms with van der Waals surface area (Å²) < 4.78 is 0. The normalized spacial score (nSPS) is 17.8. The average molecular weight is 372 g/mol. The summed E-state index contributed by atoms with van der Waals surface area (Å²) in [7, 11) is 3.98. The zero-order valence-corrected chi connectivity index (χ0v) is 16.1. The van der Waals surface area contributed by atoms with Crippen LogP contribution in [0.15, 0.2) is 41.9 Å².